The van der Waals surface area contributed by atoms with Crippen molar-refractivity contribution in [3.05, 3.63) is 46.4 Å². The Morgan fingerprint density at radius 2 is 2.00 bits per heavy atom. The van der Waals surface area contributed by atoms with Gasteiger partial charge in [-0.15, -0.1) is 0 Å². The lowest BCUT2D eigenvalue weighted by molar-refractivity contribution is 1.06. The van der Waals surface area contributed by atoms with E-state index in [1.165, 1.54) is 0 Å². The van der Waals surface area contributed by atoms with Crippen LogP contribution in [0.3, 0.4) is 0 Å². The van der Waals surface area contributed by atoms with Crippen molar-refractivity contribution in [2.45, 2.75) is 6.42 Å². The van der Waals surface area contributed by atoms with Crippen LogP contribution >= 0.6 is 0 Å². The van der Waals surface area contributed by atoms with Gasteiger partial charge in [0.15, 0.2) is 0 Å². The predicted octanol–water partition coefficient (Wildman–Crippen LogP) is 1.40. The first-order valence-corrected chi connectivity index (χ1v) is 5.27. The maximum absolute atomic E-state index is 11.4. The summed E-state index contributed by atoms with van der Waals surface area (Å²) in [6.07, 6.45) is 0.906. The molecule has 1 aromatic heterocycles. The lowest BCUT2D eigenvalue weighted by atomic mass is 10.1. The quantitative estimate of drug-likeness (QED) is 0.753. The Morgan fingerprint density at radius 1 is 1.19 bits per heavy atom. The summed E-state index contributed by atoms with van der Waals surface area (Å²) in [4.78, 5) is 18.2. The van der Waals surface area contributed by atoms with Gasteiger partial charge in [-0.3, -0.25) is 0 Å². The minimum Gasteiger partial charge on any atom is -0.369 e. The van der Waals surface area contributed by atoms with E-state index in [1.54, 1.807) is 0 Å². The van der Waals surface area contributed by atoms with Gasteiger partial charge in [0.25, 0.3) is 0 Å². The molecule has 1 aromatic carbocycles. The number of H-pyrrole nitrogens is 1. The lowest BCUT2D eigenvalue weighted by Gasteiger charge is -2.06. The Kier molecular flexibility index (Phi) is 1.99. The predicted molar refractivity (Wildman–Crippen MR) is 62.5 cm³/mol. The molecule has 0 radical (unpaired) electrons. The van der Waals surface area contributed by atoms with Gasteiger partial charge in [-0.05, 0) is 12.0 Å². The number of hydrogen-bond acceptors (Lipinski definition) is 3. The second-order valence-corrected chi connectivity index (χ2v) is 3.79. The van der Waals surface area contributed by atoms with Crippen LogP contribution in [-0.4, -0.2) is 16.5 Å². The number of aromatic nitrogens is 2. The highest BCUT2D eigenvalue weighted by atomic mass is 16.1. The maximum atomic E-state index is 11.4. The topological polar surface area (TPSA) is 57.8 Å². The van der Waals surface area contributed by atoms with Crippen LogP contribution in [0.15, 0.2) is 35.1 Å². The van der Waals surface area contributed by atoms with Gasteiger partial charge in [0.1, 0.15) is 5.82 Å². The Morgan fingerprint density at radius 3 is 2.81 bits per heavy atom. The molecule has 2 aromatic rings. The average molecular weight is 213 g/mol. The van der Waals surface area contributed by atoms with Crippen molar-refractivity contribution in [3.63, 3.8) is 0 Å². The van der Waals surface area contributed by atoms with Crippen LogP contribution in [0.2, 0.25) is 0 Å². The van der Waals surface area contributed by atoms with Crippen LogP contribution in [0.4, 0.5) is 5.82 Å². The molecule has 2 N–H and O–H groups in total. The van der Waals surface area contributed by atoms with Crippen molar-refractivity contribution < 1.29 is 0 Å². The monoisotopic (exact) mass is 213 g/mol. The van der Waals surface area contributed by atoms with E-state index in [2.05, 4.69) is 15.3 Å². The molecule has 1 aliphatic rings. The molecule has 4 heteroatoms. The van der Waals surface area contributed by atoms with Crippen LogP contribution in [0.5, 0.6) is 0 Å². The van der Waals surface area contributed by atoms with Gasteiger partial charge < -0.3 is 10.3 Å². The normalized spacial score (nSPS) is 13.2. The number of aromatic amines is 1. The molecular weight excluding hydrogens is 202 g/mol. The van der Waals surface area contributed by atoms with E-state index in [4.69, 9.17) is 0 Å². The second kappa shape index (κ2) is 3.48. The smallest absolute Gasteiger partial charge is 0.347 e. The van der Waals surface area contributed by atoms with Crippen LogP contribution in [-0.2, 0) is 6.42 Å². The summed E-state index contributed by atoms with van der Waals surface area (Å²) in [6.45, 7) is 0.847. The first-order chi connectivity index (χ1) is 7.84. The molecule has 0 unspecified atom stereocenters. The van der Waals surface area contributed by atoms with Crippen LogP contribution in [0.1, 0.15) is 5.56 Å². The van der Waals surface area contributed by atoms with Crippen LogP contribution in [0, 0.1) is 0 Å². The molecule has 0 saturated heterocycles. The third-order valence-corrected chi connectivity index (χ3v) is 2.76. The van der Waals surface area contributed by atoms with Crippen molar-refractivity contribution in [1.82, 2.24) is 9.97 Å². The molecule has 0 amide bonds. The van der Waals surface area contributed by atoms with Crippen molar-refractivity contribution >= 4 is 5.82 Å². The van der Waals surface area contributed by atoms with E-state index in [0.717, 1.165) is 35.6 Å². The molecule has 3 rings (SSSR count). The van der Waals surface area contributed by atoms with Crippen LogP contribution in [0.25, 0.3) is 11.3 Å². The number of hydrogen-bond donors (Lipinski definition) is 2. The summed E-state index contributed by atoms with van der Waals surface area (Å²) in [5.41, 5.74) is 2.72. The van der Waals surface area contributed by atoms with Gasteiger partial charge in [-0.2, -0.15) is 4.98 Å². The molecular formula is C12H11N3O. The zero-order valence-corrected chi connectivity index (χ0v) is 8.66. The van der Waals surface area contributed by atoms with E-state index < -0.39 is 0 Å². The van der Waals surface area contributed by atoms with E-state index in [0.29, 0.717) is 0 Å². The maximum Gasteiger partial charge on any atom is 0.347 e. The SMILES string of the molecule is O=c1nc2c(c(-c3ccccc3)[nH]1)CCN2. The first kappa shape index (κ1) is 9.15. The van der Waals surface area contributed by atoms with Gasteiger partial charge in [-0.25, -0.2) is 4.79 Å². The summed E-state index contributed by atoms with van der Waals surface area (Å²) < 4.78 is 0. The zero-order valence-electron chi connectivity index (χ0n) is 8.66. The van der Waals surface area contributed by atoms with E-state index in [1.807, 2.05) is 30.3 Å². The largest absolute Gasteiger partial charge is 0.369 e. The molecule has 4 nitrogen and oxygen atoms in total. The third kappa shape index (κ3) is 1.39. The molecule has 0 fully saturated rings. The fraction of sp³-hybridized carbons (Fsp3) is 0.167. The Balaban J connectivity index is 2.25. The van der Waals surface area contributed by atoms with Gasteiger partial charge >= 0.3 is 5.69 Å². The van der Waals surface area contributed by atoms with Gasteiger partial charge in [-0.1, -0.05) is 30.3 Å². The molecule has 1 aliphatic heterocycles. The van der Waals surface area contributed by atoms with E-state index in [9.17, 15) is 4.79 Å². The average Bonchev–Trinajstić information content (AvgIpc) is 2.77. The molecule has 0 atom stereocenters. The molecule has 80 valence electrons. The summed E-state index contributed by atoms with van der Waals surface area (Å²) in [7, 11) is 0. The second-order valence-electron chi connectivity index (χ2n) is 3.79. The van der Waals surface area contributed by atoms with Gasteiger partial charge in [0.05, 0.1) is 5.69 Å². The molecule has 16 heavy (non-hydrogen) atoms. The summed E-state index contributed by atoms with van der Waals surface area (Å²) in [5.74, 6) is 0.725. The van der Waals surface area contributed by atoms with E-state index in [-0.39, 0.29) is 5.69 Å². The van der Waals surface area contributed by atoms with Crippen molar-refractivity contribution in [2.75, 3.05) is 11.9 Å². The molecule has 2 heterocycles. The number of anilines is 1. The highest BCUT2D eigenvalue weighted by molar-refractivity contribution is 5.69. The highest BCUT2D eigenvalue weighted by Gasteiger charge is 2.17. The number of benzene rings is 1. The van der Waals surface area contributed by atoms with Crippen molar-refractivity contribution in [1.29, 1.82) is 0 Å². The standard InChI is InChI=1S/C12H11N3O/c16-12-14-10(8-4-2-1-3-5-8)9-6-7-13-11(9)15-12/h1-5H,6-7H2,(H2,13,14,15,16). The number of nitrogens with zero attached hydrogens (tertiary/aromatic N) is 1. The Labute approximate surface area is 92.4 Å². The lowest BCUT2D eigenvalue weighted by Crippen LogP contribution is -2.13. The molecule has 0 aliphatic carbocycles. The van der Waals surface area contributed by atoms with Crippen molar-refractivity contribution in [3.8, 4) is 11.3 Å². The minimum atomic E-state index is -0.299. The Hall–Kier alpha value is -2.10. The van der Waals surface area contributed by atoms with Gasteiger partial charge in [0.2, 0.25) is 0 Å². The summed E-state index contributed by atoms with van der Waals surface area (Å²) in [5, 5.41) is 3.12. The molecule has 0 bridgehead atoms. The highest BCUT2D eigenvalue weighted by Crippen LogP contribution is 2.27. The Bertz CT molecular complexity index is 575. The fourth-order valence-corrected chi connectivity index (χ4v) is 2.04. The molecule has 0 spiro atoms. The van der Waals surface area contributed by atoms with E-state index >= 15 is 0 Å². The molecule has 0 saturated carbocycles. The first-order valence-electron chi connectivity index (χ1n) is 5.27. The minimum absolute atomic E-state index is 0.299. The number of fused-ring (bicyclic) bond motifs is 1. The van der Waals surface area contributed by atoms with Gasteiger partial charge in [0, 0.05) is 12.1 Å². The number of rotatable bonds is 1. The third-order valence-electron chi connectivity index (χ3n) is 2.76. The van der Waals surface area contributed by atoms with Crippen LogP contribution < -0.4 is 11.0 Å². The summed E-state index contributed by atoms with van der Waals surface area (Å²) in [6, 6.07) is 9.86. The summed E-state index contributed by atoms with van der Waals surface area (Å²) >= 11 is 0. The fourth-order valence-electron chi connectivity index (χ4n) is 2.04. The number of nitrogens with one attached hydrogen (secondary N) is 2. The van der Waals surface area contributed by atoms with Crippen molar-refractivity contribution in [2.24, 2.45) is 0 Å². The zero-order chi connectivity index (χ0) is 11.0.